The lowest BCUT2D eigenvalue weighted by atomic mass is 10.1. The molecule has 0 amide bonds. The Morgan fingerprint density at radius 2 is 1.60 bits per heavy atom. The molecule has 4 rings (SSSR count). The van der Waals surface area contributed by atoms with Crippen molar-refractivity contribution in [2.45, 2.75) is 67.7 Å². The van der Waals surface area contributed by atoms with Crippen LogP contribution in [0.4, 0.5) is 10.8 Å². The predicted octanol–water partition coefficient (Wildman–Crippen LogP) is 9.88. The van der Waals surface area contributed by atoms with Gasteiger partial charge in [-0.15, -0.1) is 0 Å². The molecule has 0 saturated heterocycles. The Bertz CT molecular complexity index is 1440. The Morgan fingerprint density at radius 1 is 0.933 bits per heavy atom. The van der Waals surface area contributed by atoms with E-state index in [1.165, 1.54) is 28.3 Å². The van der Waals surface area contributed by atoms with Gasteiger partial charge in [0.1, 0.15) is 12.1 Å². The van der Waals surface area contributed by atoms with Crippen LogP contribution in [0.15, 0.2) is 108 Å². The number of carbonyl (C=O) groups is 2. The molecule has 0 spiro atoms. The maximum atomic E-state index is 11.1. The van der Waals surface area contributed by atoms with Crippen molar-refractivity contribution in [3.05, 3.63) is 114 Å². The lowest BCUT2D eigenvalue weighted by molar-refractivity contribution is -0.115. The van der Waals surface area contributed by atoms with Crippen molar-refractivity contribution >= 4 is 50.3 Å². The van der Waals surface area contributed by atoms with Gasteiger partial charge in [0.2, 0.25) is 0 Å². The Balaban J connectivity index is 0.000000486. The maximum Gasteiger partial charge on any atom is 0.183 e. The highest BCUT2D eigenvalue weighted by molar-refractivity contribution is 7.22. The van der Waals surface area contributed by atoms with Crippen LogP contribution in [-0.4, -0.2) is 36.0 Å². The van der Waals surface area contributed by atoms with Crippen molar-refractivity contribution in [2.24, 2.45) is 4.99 Å². The third kappa shape index (κ3) is 18.1. The topological polar surface area (TPSA) is 83.5 Å². The number of nitrogens with zero attached hydrogens (tertiary/aromatic N) is 2. The summed E-state index contributed by atoms with van der Waals surface area (Å²) in [5.41, 5.74) is 5.76. The van der Waals surface area contributed by atoms with Crippen molar-refractivity contribution < 1.29 is 9.59 Å². The molecule has 0 atom stereocenters. The third-order valence-corrected chi connectivity index (χ3v) is 6.83. The molecule has 0 fully saturated rings. The van der Waals surface area contributed by atoms with E-state index in [0.717, 1.165) is 42.0 Å². The van der Waals surface area contributed by atoms with Crippen molar-refractivity contribution in [3.8, 4) is 0 Å². The van der Waals surface area contributed by atoms with Gasteiger partial charge in [-0.2, -0.15) is 0 Å². The van der Waals surface area contributed by atoms with Crippen LogP contribution in [0.25, 0.3) is 10.2 Å². The molecule has 0 aliphatic rings. The van der Waals surface area contributed by atoms with Gasteiger partial charge in [0.15, 0.2) is 10.9 Å². The molecule has 0 aliphatic heterocycles. The number of fused-ring (bicyclic) bond motifs is 1. The summed E-state index contributed by atoms with van der Waals surface area (Å²) in [7, 11) is 0. The quantitative estimate of drug-likeness (QED) is 0.0749. The van der Waals surface area contributed by atoms with Gasteiger partial charge in [-0.25, -0.2) is 4.98 Å². The molecular weight excluding hydrogens is 577 g/mol. The van der Waals surface area contributed by atoms with E-state index in [1.807, 2.05) is 81.4 Å². The third-order valence-electron chi connectivity index (χ3n) is 5.83. The van der Waals surface area contributed by atoms with Gasteiger partial charge >= 0.3 is 0 Å². The number of thiazole rings is 1. The summed E-state index contributed by atoms with van der Waals surface area (Å²) in [5.74, 6) is 0.455. The summed E-state index contributed by atoms with van der Waals surface area (Å²) in [6, 6.07) is 26.3. The molecule has 4 aromatic rings. The van der Waals surface area contributed by atoms with Crippen molar-refractivity contribution in [1.82, 2.24) is 4.98 Å². The molecular formula is C38H50N4O2S. The fourth-order valence-electron chi connectivity index (χ4n) is 3.60. The second-order valence-electron chi connectivity index (χ2n) is 10.1. The fraction of sp³-hybridized carbons (Fsp3) is 0.316. The highest BCUT2D eigenvalue weighted by Gasteiger charge is 2.04. The minimum atomic E-state index is -0.0406. The highest BCUT2D eigenvalue weighted by Crippen LogP contribution is 2.25. The first-order valence-corrected chi connectivity index (χ1v) is 16.3. The van der Waals surface area contributed by atoms with Crippen LogP contribution in [-0.2, 0) is 16.0 Å². The zero-order chi connectivity index (χ0) is 33.3. The average molecular weight is 627 g/mol. The minimum Gasteiger partial charge on any atom is -0.361 e. The van der Waals surface area contributed by atoms with E-state index >= 15 is 0 Å². The number of aliphatic imine (C=N–C) groups is 1. The number of nitrogens with one attached hydrogen (secondary N) is 2. The summed E-state index contributed by atoms with van der Waals surface area (Å²) >= 11 is 1.66. The maximum absolute atomic E-state index is 11.1. The summed E-state index contributed by atoms with van der Waals surface area (Å²) in [6.45, 7) is 14.7. The Morgan fingerprint density at radius 3 is 2.16 bits per heavy atom. The number of amidine groups is 1. The fourth-order valence-corrected chi connectivity index (χ4v) is 4.49. The van der Waals surface area contributed by atoms with Crippen molar-refractivity contribution in [1.29, 1.82) is 0 Å². The first-order valence-electron chi connectivity index (χ1n) is 15.5. The molecule has 0 saturated carbocycles. The second-order valence-corrected chi connectivity index (χ2v) is 11.1. The predicted molar refractivity (Wildman–Crippen MR) is 197 cm³/mol. The number of aldehydes is 1. The molecule has 240 valence electrons. The van der Waals surface area contributed by atoms with E-state index < -0.39 is 0 Å². The molecule has 1 heterocycles. The van der Waals surface area contributed by atoms with Crippen LogP contribution < -0.4 is 10.6 Å². The number of allylic oxidation sites excluding steroid dienone is 4. The number of hydrogen-bond acceptors (Lipinski definition) is 6. The summed E-state index contributed by atoms with van der Waals surface area (Å²) < 4.78 is 1.18. The summed E-state index contributed by atoms with van der Waals surface area (Å²) in [5, 5.41) is 7.41. The second kappa shape index (κ2) is 24.0. The number of benzene rings is 3. The number of carbonyl (C=O) groups excluding carboxylic acids is 2. The van der Waals surface area contributed by atoms with E-state index in [-0.39, 0.29) is 18.7 Å². The van der Waals surface area contributed by atoms with Gasteiger partial charge in [0.25, 0.3) is 0 Å². The molecule has 1 aromatic heterocycles. The van der Waals surface area contributed by atoms with E-state index in [4.69, 9.17) is 0 Å². The lowest BCUT2D eigenvalue weighted by Gasteiger charge is -2.09. The standard InChI is InChI=1S/C21H22N4O2S.C8H14.C7H8.C2H6/c1-15(27)14-23-20(11-13-26)24-17-8-6-16(7-9-17)10-12-22-21-25-18-4-2-3-5-19(18)28-21;1-4-5-6-7-8(2)3;1-7-5-3-2-4-6-7;1-2/h2-9,13H,10-12,14H2,1H3,(H,22,25)(H,23,24);4-5,7H,6H2,1-3H3;2-6H,1H3;1-2H3/b;5-4-;;. The number of rotatable bonds is 11. The summed E-state index contributed by atoms with van der Waals surface area (Å²) in [4.78, 5) is 30.6. The first kappa shape index (κ1) is 38.7. The molecule has 3 aromatic carbocycles. The van der Waals surface area contributed by atoms with Crippen LogP contribution in [0.2, 0.25) is 0 Å². The smallest absolute Gasteiger partial charge is 0.183 e. The van der Waals surface area contributed by atoms with Crippen LogP contribution in [0.1, 0.15) is 65.5 Å². The highest BCUT2D eigenvalue weighted by atomic mass is 32.1. The van der Waals surface area contributed by atoms with E-state index in [2.05, 4.69) is 77.8 Å². The van der Waals surface area contributed by atoms with Gasteiger partial charge in [-0.1, -0.05) is 109 Å². The molecule has 2 N–H and O–H groups in total. The average Bonchev–Trinajstić information content (AvgIpc) is 3.46. The Labute approximate surface area is 274 Å². The molecule has 0 bridgehead atoms. The van der Waals surface area contributed by atoms with Gasteiger partial charge < -0.3 is 15.4 Å². The number of ketones is 1. The lowest BCUT2D eigenvalue weighted by Crippen LogP contribution is -2.14. The number of para-hydroxylation sites is 1. The van der Waals surface area contributed by atoms with Crippen LogP contribution in [0.5, 0.6) is 0 Å². The van der Waals surface area contributed by atoms with Crippen LogP contribution >= 0.6 is 11.3 Å². The molecule has 0 unspecified atom stereocenters. The Hall–Kier alpha value is -4.36. The number of hydrogen-bond donors (Lipinski definition) is 2. The summed E-state index contributed by atoms with van der Waals surface area (Å²) in [6.07, 6.45) is 9.30. The van der Waals surface area contributed by atoms with E-state index in [0.29, 0.717) is 5.84 Å². The molecule has 0 aliphatic carbocycles. The number of Topliss-reactive ketones (excluding diaryl/α,β-unsaturated/α-hetero) is 1. The van der Waals surface area contributed by atoms with Gasteiger partial charge in [-0.3, -0.25) is 9.79 Å². The van der Waals surface area contributed by atoms with Gasteiger partial charge in [-0.05, 0) is 77.3 Å². The van der Waals surface area contributed by atoms with Gasteiger partial charge in [0, 0.05) is 12.2 Å². The van der Waals surface area contributed by atoms with E-state index in [1.54, 1.807) is 11.3 Å². The number of aromatic nitrogens is 1. The SMILES string of the molecule is C/C=C\CC=C(C)C.CC.CC(=O)CN=C(CC=O)Nc1ccc(CCNc2nc3ccccc3s2)cc1.Cc1ccccc1. The zero-order valence-electron chi connectivity index (χ0n) is 28.0. The Kier molecular flexibility index (Phi) is 20.6. The molecule has 7 heteroatoms. The zero-order valence-corrected chi connectivity index (χ0v) is 28.8. The van der Waals surface area contributed by atoms with E-state index in [9.17, 15) is 9.59 Å². The largest absolute Gasteiger partial charge is 0.361 e. The van der Waals surface area contributed by atoms with Crippen LogP contribution in [0, 0.1) is 6.92 Å². The minimum absolute atomic E-state index is 0.0406. The monoisotopic (exact) mass is 626 g/mol. The van der Waals surface area contributed by atoms with Crippen molar-refractivity contribution in [3.63, 3.8) is 0 Å². The van der Waals surface area contributed by atoms with Crippen molar-refractivity contribution in [2.75, 3.05) is 23.7 Å². The normalized spacial score (nSPS) is 10.3. The number of aryl methyl sites for hydroxylation is 1. The van der Waals surface area contributed by atoms with Crippen LogP contribution in [0.3, 0.4) is 0 Å². The number of anilines is 2. The molecule has 6 nitrogen and oxygen atoms in total. The van der Waals surface area contributed by atoms with Gasteiger partial charge in [0.05, 0.1) is 23.2 Å². The molecule has 0 radical (unpaired) electrons. The first-order chi connectivity index (χ1) is 21.8. The molecule has 45 heavy (non-hydrogen) atoms.